The molecule has 0 aliphatic heterocycles. The van der Waals surface area contributed by atoms with Crippen LogP contribution in [0, 0.1) is 0 Å². The first-order chi connectivity index (χ1) is 7.27. The first-order valence-corrected chi connectivity index (χ1v) is 5.05. The summed E-state index contributed by atoms with van der Waals surface area (Å²) in [5.41, 5.74) is 2.78. The van der Waals surface area contributed by atoms with E-state index in [4.69, 9.17) is 0 Å². The van der Waals surface area contributed by atoms with Gasteiger partial charge in [-0.1, -0.05) is 0 Å². The van der Waals surface area contributed by atoms with Crippen LogP contribution in [0.3, 0.4) is 0 Å². The molecule has 0 aliphatic carbocycles. The molecule has 0 unspecified atom stereocenters. The van der Waals surface area contributed by atoms with Crippen LogP contribution in [0.25, 0.3) is 11.2 Å². The third-order valence-corrected chi connectivity index (χ3v) is 2.32. The normalized spacial score (nSPS) is 11.4. The second kappa shape index (κ2) is 4.35. The average Bonchev–Trinajstić information content (AvgIpc) is 2.65. The topological polar surface area (TPSA) is 57.7 Å². The molecule has 2 heterocycles. The summed E-state index contributed by atoms with van der Waals surface area (Å²) in [5.74, 6) is 0. The van der Waals surface area contributed by atoms with Gasteiger partial charge in [-0.2, -0.15) is 0 Å². The fourth-order valence-electron chi connectivity index (χ4n) is 1.57. The van der Waals surface area contributed by atoms with Gasteiger partial charge in [0, 0.05) is 0 Å². The SMILES string of the molecule is CN(C)CCCc1ncnc2nc[nH]c12. The van der Waals surface area contributed by atoms with Gasteiger partial charge >= 0.3 is 0 Å². The molecule has 0 atom stereocenters. The minimum Gasteiger partial charge on any atom is -0.342 e. The van der Waals surface area contributed by atoms with Crippen LogP contribution in [0.5, 0.6) is 0 Å². The van der Waals surface area contributed by atoms with E-state index < -0.39 is 0 Å². The molecular weight excluding hydrogens is 190 g/mol. The largest absolute Gasteiger partial charge is 0.342 e. The van der Waals surface area contributed by atoms with Gasteiger partial charge < -0.3 is 9.88 Å². The molecule has 2 aromatic heterocycles. The predicted molar refractivity (Wildman–Crippen MR) is 58.6 cm³/mol. The maximum atomic E-state index is 4.28. The molecule has 0 fully saturated rings. The van der Waals surface area contributed by atoms with Gasteiger partial charge in [0.15, 0.2) is 5.65 Å². The van der Waals surface area contributed by atoms with Crippen molar-refractivity contribution < 1.29 is 0 Å². The summed E-state index contributed by atoms with van der Waals surface area (Å²) in [6.07, 6.45) is 5.29. The van der Waals surface area contributed by atoms with Crippen LogP contribution in [0.1, 0.15) is 12.1 Å². The number of aromatic nitrogens is 4. The summed E-state index contributed by atoms with van der Waals surface area (Å²) < 4.78 is 0. The number of hydrogen-bond acceptors (Lipinski definition) is 4. The molecule has 1 N–H and O–H groups in total. The molecule has 0 aromatic carbocycles. The third-order valence-electron chi connectivity index (χ3n) is 2.32. The van der Waals surface area contributed by atoms with Gasteiger partial charge in [-0.05, 0) is 33.5 Å². The lowest BCUT2D eigenvalue weighted by Crippen LogP contribution is -2.13. The molecule has 5 nitrogen and oxygen atoms in total. The van der Waals surface area contributed by atoms with Crippen molar-refractivity contribution >= 4 is 11.2 Å². The molecule has 0 amide bonds. The first-order valence-electron chi connectivity index (χ1n) is 5.05. The van der Waals surface area contributed by atoms with E-state index in [-0.39, 0.29) is 0 Å². The number of nitrogens with one attached hydrogen (secondary N) is 1. The highest BCUT2D eigenvalue weighted by molar-refractivity contribution is 5.71. The molecule has 0 radical (unpaired) electrons. The van der Waals surface area contributed by atoms with E-state index in [2.05, 4.69) is 38.9 Å². The summed E-state index contributed by atoms with van der Waals surface area (Å²) in [5, 5.41) is 0. The van der Waals surface area contributed by atoms with Crippen molar-refractivity contribution in [3.63, 3.8) is 0 Å². The van der Waals surface area contributed by atoms with Crippen LogP contribution in [0.15, 0.2) is 12.7 Å². The number of nitrogens with zero attached hydrogens (tertiary/aromatic N) is 4. The van der Waals surface area contributed by atoms with Gasteiger partial charge in [0.2, 0.25) is 0 Å². The molecule has 2 aromatic rings. The molecule has 0 aliphatic rings. The van der Waals surface area contributed by atoms with Crippen molar-refractivity contribution in [2.45, 2.75) is 12.8 Å². The Labute approximate surface area is 88.6 Å². The van der Waals surface area contributed by atoms with E-state index in [9.17, 15) is 0 Å². The Hall–Kier alpha value is -1.49. The predicted octanol–water partition coefficient (Wildman–Crippen LogP) is 0.847. The van der Waals surface area contributed by atoms with Crippen LogP contribution in [-0.2, 0) is 6.42 Å². The zero-order valence-electron chi connectivity index (χ0n) is 9.06. The lowest BCUT2D eigenvalue weighted by Gasteiger charge is -2.08. The number of imidazole rings is 1. The Kier molecular flexibility index (Phi) is 2.91. The number of aromatic amines is 1. The average molecular weight is 205 g/mol. The molecular formula is C10H15N5. The van der Waals surface area contributed by atoms with Crippen LogP contribution in [-0.4, -0.2) is 45.5 Å². The molecule has 2 rings (SSSR count). The number of hydrogen-bond donors (Lipinski definition) is 1. The van der Waals surface area contributed by atoms with E-state index >= 15 is 0 Å². The first kappa shape index (κ1) is 10.0. The van der Waals surface area contributed by atoms with Crippen LogP contribution in [0.2, 0.25) is 0 Å². The summed E-state index contributed by atoms with van der Waals surface area (Å²) in [6.45, 7) is 1.07. The van der Waals surface area contributed by atoms with E-state index in [0.29, 0.717) is 0 Å². The molecule has 0 bridgehead atoms. The third kappa shape index (κ3) is 2.30. The number of rotatable bonds is 4. The molecule has 80 valence electrons. The molecule has 0 saturated heterocycles. The molecule has 15 heavy (non-hydrogen) atoms. The van der Waals surface area contributed by atoms with Crippen molar-refractivity contribution in [1.82, 2.24) is 24.8 Å². The molecule has 0 saturated carbocycles. The van der Waals surface area contributed by atoms with E-state index in [1.54, 1.807) is 12.7 Å². The maximum Gasteiger partial charge on any atom is 0.180 e. The van der Waals surface area contributed by atoms with Crippen molar-refractivity contribution in [2.75, 3.05) is 20.6 Å². The minimum atomic E-state index is 0.754. The summed E-state index contributed by atoms with van der Waals surface area (Å²) in [7, 11) is 4.15. The van der Waals surface area contributed by atoms with Crippen molar-refractivity contribution in [3.05, 3.63) is 18.3 Å². The van der Waals surface area contributed by atoms with Crippen molar-refractivity contribution in [2.24, 2.45) is 0 Å². The summed E-state index contributed by atoms with van der Waals surface area (Å²) in [4.78, 5) is 17.7. The standard InChI is InChI=1S/C10H15N5/c1-15(2)5-3-4-8-9-10(13-6-11-8)14-7-12-9/h6-7H,3-5H2,1-2H3,(H,11,12,13,14). The maximum absolute atomic E-state index is 4.28. The number of fused-ring (bicyclic) bond motifs is 1. The molecule has 5 heteroatoms. The van der Waals surface area contributed by atoms with Crippen LogP contribution >= 0.6 is 0 Å². The fraction of sp³-hybridized carbons (Fsp3) is 0.500. The second-order valence-corrected chi connectivity index (χ2v) is 3.83. The Morgan fingerprint density at radius 1 is 1.27 bits per heavy atom. The zero-order chi connectivity index (χ0) is 10.7. The molecule has 0 spiro atoms. The van der Waals surface area contributed by atoms with Gasteiger partial charge in [0.1, 0.15) is 11.8 Å². The summed E-state index contributed by atoms with van der Waals surface area (Å²) >= 11 is 0. The van der Waals surface area contributed by atoms with E-state index in [0.717, 1.165) is 36.2 Å². The minimum absolute atomic E-state index is 0.754. The second-order valence-electron chi connectivity index (χ2n) is 3.83. The lowest BCUT2D eigenvalue weighted by molar-refractivity contribution is 0.400. The summed E-state index contributed by atoms with van der Waals surface area (Å²) in [6, 6.07) is 0. The number of H-pyrrole nitrogens is 1. The number of aryl methyl sites for hydroxylation is 1. The highest BCUT2D eigenvalue weighted by Crippen LogP contribution is 2.10. The van der Waals surface area contributed by atoms with Gasteiger partial charge in [-0.25, -0.2) is 15.0 Å². The highest BCUT2D eigenvalue weighted by Gasteiger charge is 2.05. The van der Waals surface area contributed by atoms with Gasteiger partial charge in [0.25, 0.3) is 0 Å². The van der Waals surface area contributed by atoms with Gasteiger partial charge in [-0.15, -0.1) is 0 Å². The monoisotopic (exact) mass is 205 g/mol. The van der Waals surface area contributed by atoms with Crippen LogP contribution in [0.4, 0.5) is 0 Å². The zero-order valence-corrected chi connectivity index (χ0v) is 9.06. The van der Waals surface area contributed by atoms with Crippen molar-refractivity contribution in [1.29, 1.82) is 0 Å². The Bertz CT molecular complexity index is 434. The Morgan fingerprint density at radius 3 is 2.93 bits per heavy atom. The van der Waals surface area contributed by atoms with Crippen LogP contribution < -0.4 is 0 Å². The Balaban J connectivity index is 2.10. The van der Waals surface area contributed by atoms with Gasteiger partial charge in [0.05, 0.1) is 12.0 Å². The van der Waals surface area contributed by atoms with E-state index in [1.165, 1.54) is 0 Å². The quantitative estimate of drug-likeness (QED) is 0.803. The lowest BCUT2D eigenvalue weighted by atomic mass is 10.2. The van der Waals surface area contributed by atoms with Crippen molar-refractivity contribution in [3.8, 4) is 0 Å². The van der Waals surface area contributed by atoms with E-state index in [1.807, 2.05) is 0 Å². The van der Waals surface area contributed by atoms with Gasteiger partial charge in [-0.3, -0.25) is 0 Å². The Morgan fingerprint density at radius 2 is 2.13 bits per heavy atom. The smallest absolute Gasteiger partial charge is 0.180 e. The fourth-order valence-corrected chi connectivity index (χ4v) is 1.57. The highest BCUT2D eigenvalue weighted by atomic mass is 15.0.